The highest BCUT2D eigenvalue weighted by Gasteiger charge is 2.29. The summed E-state index contributed by atoms with van der Waals surface area (Å²) in [4.78, 5) is 27.1. The molecule has 0 saturated carbocycles. The number of nitrogens with zero attached hydrogens (tertiary/aromatic N) is 1. The Labute approximate surface area is 90.0 Å². The summed E-state index contributed by atoms with van der Waals surface area (Å²) in [6.45, 7) is 5.32. The molecule has 0 aliphatic carbocycles. The van der Waals surface area contributed by atoms with Gasteiger partial charge in [0, 0.05) is 6.42 Å². The number of allylic oxidation sites excluding steroid dienone is 1. The van der Waals surface area contributed by atoms with Crippen molar-refractivity contribution in [3.8, 4) is 0 Å². The summed E-state index contributed by atoms with van der Waals surface area (Å²) >= 11 is 1.93. The van der Waals surface area contributed by atoms with E-state index >= 15 is 0 Å². The van der Waals surface area contributed by atoms with Crippen LogP contribution < -0.4 is 0 Å². The minimum Gasteiger partial charge on any atom is -0.332 e. The molecule has 1 saturated heterocycles. The molecule has 0 spiro atoms. The van der Waals surface area contributed by atoms with Gasteiger partial charge in [0.1, 0.15) is 3.92 Å². The molecule has 0 bridgehead atoms. The van der Waals surface area contributed by atoms with Crippen LogP contribution >= 0.6 is 22.6 Å². The number of rotatable bonds is 2. The molecule has 72 valence electrons. The van der Waals surface area contributed by atoms with Crippen molar-refractivity contribution in [3.63, 3.8) is 0 Å². The molecule has 0 radical (unpaired) electrons. The van der Waals surface area contributed by atoms with Crippen molar-refractivity contribution in [2.24, 2.45) is 0 Å². The monoisotopic (exact) mass is 295 g/mol. The molecule has 0 aromatic rings. The molecule has 5 heteroatoms. The minimum atomic E-state index is -0.419. The third-order valence-corrected chi connectivity index (χ3v) is 2.16. The van der Waals surface area contributed by atoms with Gasteiger partial charge >= 0.3 is 5.97 Å². The molecule has 13 heavy (non-hydrogen) atoms. The third-order valence-electron chi connectivity index (χ3n) is 1.65. The number of hydroxylamine groups is 2. The van der Waals surface area contributed by atoms with Gasteiger partial charge in [0.2, 0.25) is 0 Å². The molecule has 1 rings (SSSR count). The summed E-state index contributed by atoms with van der Waals surface area (Å²) in [5.74, 6) is -0.618. The van der Waals surface area contributed by atoms with Crippen LogP contribution in [0.2, 0.25) is 0 Å². The van der Waals surface area contributed by atoms with E-state index in [2.05, 4.69) is 6.58 Å². The first kappa shape index (κ1) is 10.5. The second kappa shape index (κ2) is 4.08. The summed E-state index contributed by atoms with van der Waals surface area (Å²) in [6, 6.07) is 0. The van der Waals surface area contributed by atoms with Gasteiger partial charge in [0.25, 0.3) is 5.91 Å². The van der Waals surface area contributed by atoms with E-state index in [1.165, 1.54) is 0 Å². The maximum atomic E-state index is 11.1. The fraction of sp³-hybridized carbons (Fsp3) is 0.500. The Hall–Kier alpha value is -0.590. The maximum Gasteiger partial charge on any atom is 0.345 e. The van der Waals surface area contributed by atoms with E-state index in [9.17, 15) is 9.59 Å². The lowest BCUT2D eigenvalue weighted by atomic mass is 10.3. The maximum absolute atomic E-state index is 11.1. The quantitative estimate of drug-likeness (QED) is 0.571. The molecule has 0 N–H and O–H groups in total. The van der Waals surface area contributed by atoms with E-state index in [-0.39, 0.29) is 9.83 Å². The summed E-state index contributed by atoms with van der Waals surface area (Å²) in [7, 11) is 0. The Kier molecular flexibility index (Phi) is 3.29. The normalized spacial score (nSPS) is 19.1. The minimum absolute atomic E-state index is 0.199. The Morgan fingerprint density at radius 3 is 2.69 bits per heavy atom. The largest absolute Gasteiger partial charge is 0.345 e. The van der Waals surface area contributed by atoms with Gasteiger partial charge in [-0.15, -0.1) is 5.06 Å². The standard InChI is InChI=1S/C8H10INO3/c1-5-3-4-7(11)10(5)13-8(12)6(2)9/h6H,1,3-4H2,2H3. The van der Waals surface area contributed by atoms with Crippen LogP contribution in [0.5, 0.6) is 0 Å². The van der Waals surface area contributed by atoms with Crippen molar-refractivity contribution >= 4 is 34.5 Å². The lowest BCUT2D eigenvalue weighted by Crippen LogP contribution is -2.29. The van der Waals surface area contributed by atoms with Crippen molar-refractivity contribution in [2.75, 3.05) is 0 Å². The summed E-state index contributed by atoms with van der Waals surface area (Å²) in [5, 5.41) is 0.998. The van der Waals surface area contributed by atoms with Crippen LogP contribution in [0, 0.1) is 0 Å². The first-order valence-corrected chi connectivity index (χ1v) is 5.13. The SMILES string of the molecule is C=C1CCC(=O)N1OC(=O)C(C)I. The zero-order valence-electron chi connectivity index (χ0n) is 7.25. The number of amides is 1. The number of hydrogen-bond acceptors (Lipinski definition) is 3. The lowest BCUT2D eigenvalue weighted by molar-refractivity contribution is -0.185. The van der Waals surface area contributed by atoms with Gasteiger partial charge in [-0.2, -0.15) is 0 Å². The molecule has 1 fully saturated rings. The van der Waals surface area contributed by atoms with Gasteiger partial charge in [-0.25, -0.2) is 4.79 Å². The van der Waals surface area contributed by atoms with Crippen LogP contribution in [0.4, 0.5) is 0 Å². The molecule has 1 amide bonds. The lowest BCUT2D eigenvalue weighted by Gasteiger charge is -2.16. The predicted molar refractivity (Wildman–Crippen MR) is 54.8 cm³/mol. The summed E-state index contributed by atoms with van der Waals surface area (Å²) in [6.07, 6.45) is 0.948. The van der Waals surface area contributed by atoms with Gasteiger partial charge in [-0.05, 0) is 13.3 Å². The van der Waals surface area contributed by atoms with E-state index in [4.69, 9.17) is 4.84 Å². The smallest absolute Gasteiger partial charge is 0.332 e. The number of alkyl halides is 1. The second-order valence-corrected chi connectivity index (χ2v) is 4.65. The van der Waals surface area contributed by atoms with Crippen molar-refractivity contribution in [2.45, 2.75) is 23.7 Å². The number of carbonyl (C=O) groups excluding carboxylic acids is 2. The Morgan fingerprint density at radius 2 is 2.31 bits per heavy atom. The van der Waals surface area contributed by atoms with Crippen molar-refractivity contribution < 1.29 is 14.4 Å². The Bertz CT molecular complexity index is 246. The first-order chi connectivity index (χ1) is 6.02. The summed E-state index contributed by atoms with van der Waals surface area (Å²) < 4.78 is -0.265. The Balaban J connectivity index is 2.58. The van der Waals surface area contributed by atoms with Gasteiger partial charge in [0.15, 0.2) is 0 Å². The molecule has 1 aliphatic heterocycles. The second-order valence-electron chi connectivity index (χ2n) is 2.78. The van der Waals surface area contributed by atoms with Crippen LogP contribution in [0.25, 0.3) is 0 Å². The zero-order chi connectivity index (χ0) is 10.0. The van der Waals surface area contributed by atoms with Gasteiger partial charge in [-0.3, -0.25) is 4.79 Å². The van der Waals surface area contributed by atoms with Crippen molar-refractivity contribution in [1.82, 2.24) is 5.06 Å². The van der Waals surface area contributed by atoms with Crippen LogP contribution in [0.3, 0.4) is 0 Å². The van der Waals surface area contributed by atoms with Crippen LogP contribution in [-0.2, 0) is 14.4 Å². The highest BCUT2D eigenvalue weighted by molar-refractivity contribution is 14.1. The molecule has 1 unspecified atom stereocenters. The molecular weight excluding hydrogens is 285 g/mol. The molecule has 1 atom stereocenters. The van der Waals surface area contributed by atoms with Crippen LogP contribution in [0.1, 0.15) is 19.8 Å². The number of hydrogen-bond donors (Lipinski definition) is 0. The topological polar surface area (TPSA) is 46.6 Å². The molecule has 4 nitrogen and oxygen atoms in total. The fourth-order valence-electron chi connectivity index (χ4n) is 0.909. The molecule has 0 aromatic heterocycles. The highest BCUT2D eigenvalue weighted by atomic mass is 127. The van der Waals surface area contributed by atoms with E-state index < -0.39 is 5.97 Å². The van der Waals surface area contributed by atoms with E-state index in [0.717, 1.165) is 5.06 Å². The van der Waals surface area contributed by atoms with Gasteiger partial charge < -0.3 is 4.84 Å². The molecule has 1 aliphatic rings. The van der Waals surface area contributed by atoms with Crippen molar-refractivity contribution in [1.29, 1.82) is 0 Å². The number of halogens is 1. The summed E-state index contributed by atoms with van der Waals surface area (Å²) in [5.41, 5.74) is 0.551. The zero-order valence-corrected chi connectivity index (χ0v) is 9.41. The third kappa shape index (κ3) is 2.43. The van der Waals surface area contributed by atoms with E-state index in [1.54, 1.807) is 6.92 Å². The number of carbonyl (C=O) groups is 2. The molecule has 1 heterocycles. The molecule has 0 aromatic carbocycles. The Morgan fingerprint density at radius 1 is 1.69 bits per heavy atom. The van der Waals surface area contributed by atoms with Crippen LogP contribution in [-0.4, -0.2) is 20.9 Å². The van der Waals surface area contributed by atoms with Crippen LogP contribution in [0.15, 0.2) is 12.3 Å². The first-order valence-electron chi connectivity index (χ1n) is 3.89. The predicted octanol–water partition coefficient (Wildman–Crippen LogP) is 1.40. The van der Waals surface area contributed by atoms with E-state index in [0.29, 0.717) is 18.5 Å². The molecular formula is C8H10INO3. The highest BCUT2D eigenvalue weighted by Crippen LogP contribution is 2.21. The average Bonchev–Trinajstić information content (AvgIpc) is 2.35. The fourth-order valence-corrected chi connectivity index (χ4v) is 1.02. The average molecular weight is 295 g/mol. The van der Waals surface area contributed by atoms with Gasteiger partial charge in [-0.1, -0.05) is 29.2 Å². The van der Waals surface area contributed by atoms with Crippen molar-refractivity contribution in [3.05, 3.63) is 12.3 Å². The van der Waals surface area contributed by atoms with Gasteiger partial charge in [0.05, 0.1) is 5.70 Å². The van der Waals surface area contributed by atoms with E-state index in [1.807, 2.05) is 22.6 Å².